The van der Waals surface area contributed by atoms with Crippen molar-refractivity contribution in [2.24, 2.45) is 5.41 Å². The molecule has 0 bridgehead atoms. The number of para-hydroxylation sites is 2. The molecule has 1 aliphatic carbocycles. The molecule has 1 aliphatic heterocycles. The van der Waals surface area contributed by atoms with E-state index in [1.807, 2.05) is 36.4 Å². The Labute approximate surface area is 153 Å². The molecule has 0 radical (unpaired) electrons. The zero-order valence-corrected chi connectivity index (χ0v) is 15.0. The molecule has 1 heterocycles. The maximum absolute atomic E-state index is 13.1. The van der Waals surface area contributed by atoms with Gasteiger partial charge in [-0.3, -0.25) is 4.79 Å². The molecule has 0 fully saturated rings. The van der Waals surface area contributed by atoms with E-state index in [9.17, 15) is 4.79 Å². The molecule has 2 aliphatic rings. The number of ketones is 1. The molecular formula is C22H21N3O. The molecule has 130 valence electrons. The van der Waals surface area contributed by atoms with Gasteiger partial charge in [-0.2, -0.15) is 5.26 Å². The summed E-state index contributed by atoms with van der Waals surface area (Å²) in [5, 5.41) is 16.1. The van der Waals surface area contributed by atoms with Crippen LogP contribution in [0.5, 0.6) is 0 Å². The quantitative estimate of drug-likeness (QED) is 0.782. The number of nitriles is 1. The van der Waals surface area contributed by atoms with Gasteiger partial charge in [-0.25, -0.2) is 0 Å². The number of fused-ring (bicyclic) bond motifs is 1. The monoisotopic (exact) mass is 343 g/mol. The van der Waals surface area contributed by atoms with Gasteiger partial charge >= 0.3 is 0 Å². The number of carbonyl (C=O) groups is 1. The molecule has 2 aromatic rings. The highest BCUT2D eigenvalue weighted by Gasteiger charge is 2.38. The second kappa shape index (κ2) is 6.03. The molecule has 0 aromatic heterocycles. The van der Waals surface area contributed by atoms with E-state index in [0.717, 1.165) is 34.6 Å². The minimum atomic E-state index is -0.225. The van der Waals surface area contributed by atoms with E-state index in [2.05, 4.69) is 30.6 Å². The van der Waals surface area contributed by atoms with Crippen LogP contribution in [0.25, 0.3) is 0 Å². The second-order valence-electron chi connectivity index (χ2n) is 7.81. The van der Waals surface area contributed by atoms with Crippen LogP contribution in [0.15, 0.2) is 59.8 Å². The maximum Gasteiger partial charge on any atom is 0.163 e. The average Bonchev–Trinajstić information content (AvgIpc) is 2.77. The number of nitrogens with one attached hydrogen (secondary N) is 2. The van der Waals surface area contributed by atoms with Crippen molar-refractivity contribution in [3.05, 3.63) is 70.9 Å². The molecule has 26 heavy (non-hydrogen) atoms. The van der Waals surface area contributed by atoms with E-state index in [1.54, 1.807) is 12.1 Å². The predicted molar refractivity (Wildman–Crippen MR) is 103 cm³/mol. The van der Waals surface area contributed by atoms with E-state index < -0.39 is 0 Å². The van der Waals surface area contributed by atoms with Gasteiger partial charge in [-0.15, -0.1) is 0 Å². The molecule has 0 saturated heterocycles. The predicted octanol–water partition coefficient (Wildman–Crippen LogP) is 4.78. The number of Topliss-reactive ketones (excluding diaryl/α,β-unsaturated/α-hetero) is 1. The van der Waals surface area contributed by atoms with Crippen molar-refractivity contribution in [3.63, 3.8) is 0 Å². The van der Waals surface area contributed by atoms with Gasteiger partial charge in [0.2, 0.25) is 0 Å². The van der Waals surface area contributed by atoms with Gasteiger partial charge < -0.3 is 10.6 Å². The van der Waals surface area contributed by atoms with Crippen LogP contribution in [0.2, 0.25) is 0 Å². The highest BCUT2D eigenvalue weighted by atomic mass is 16.1. The molecule has 4 rings (SSSR count). The highest BCUT2D eigenvalue weighted by Crippen LogP contribution is 2.45. The Morgan fingerprint density at radius 3 is 2.42 bits per heavy atom. The van der Waals surface area contributed by atoms with E-state index in [4.69, 9.17) is 5.26 Å². The first-order valence-electron chi connectivity index (χ1n) is 8.86. The summed E-state index contributed by atoms with van der Waals surface area (Å²) >= 11 is 0. The van der Waals surface area contributed by atoms with E-state index in [0.29, 0.717) is 12.0 Å². The van der Waals surface area contributed by atoms with E-state index in [1.165, 1.54) is 0 Å². The van der Waals surface area contributed by atoms with E-state index >= 15 is 0 Å². The van der Waals surface area contributed by atoms with Crippen molar-refractivity contribution in [3.8, 4) is 6.07 Å². The van der Waals surface area contributed by atoms with Gasteiger partial charge in [0.25, 0.3) is 0 Å². The zero-order valence-electron chi connectivity index (χ0n) is 15.0. The lowest BCUT2D eigenvalue weighted by Gasteiger charge is -2.34. The number of hydrogen-bond donors (Lipinski definition) is 2. The summed E-state index contributed by atoms with van der Waals surface area (Å²) in [6, 6.07) is 17.4. The average molecular weight is 343 g/mol. The number of carbonyl (C=O) groups excluding carboxylic acids is 1. The topological polar surface area (TPSA) is 64.9 Å². The van der Waals surface area contributed by atoms with Crippen LogP contribution in [-0.2, 0) is 4.79 Å². The van der Waals surface area contributed by atoms with E-state index in [-0.39, 0.29) is 17.2 Å². The maximum atomic E-state index is 13.1. The molecule has 2 N–H and O–H groups in total. The fourth-order valence-electron chi connectivity index (χ4n) is 3.89. The van der Waals surface area contributed by atoms with Crippen molar-refractivity contribution in [1.82, 2.24) is 0 Å². The first-order chi connectivity index (χ1) is 12.5. The van der Waals surface area contributed by atoms with Gasteiger partial charge in [-0.05, 0) is 41.7 Å². The van der Waals surface area contributed by atoms with Crippen LogP contribution >= 0.6 is 0 Å². The molecular weight excluding hydrogens is 322 g/mol. The van der Waals surface area contributed by atoms with Crippen molar-refractivity contribution < 1.29 is 4.79 Å². The Bertz CT molecular complexity index is 948. The number of allylic oxidation sites excluding steroid dienone is 1. The van der Waals surface area contributed by atoms with Crippen molar-refractivity contribution in [1.29, 1.82) is 5.26 Å². The highest BCUT2D eigenvalue weighted by molar-refractivity contribution is 6.01. The Morgan fingerprint density at radius 2 is 1.73 bits per heavy atom. The van der Waals surface area contributed by atoms with Crippen molar-refractivity contribution in [2.45, 2.75) is 32.7 Å². The summed E-state index contributed by atoms with van der Waals surface area (Å²) in [6.45, 7) is 4.27. The third-order valence-electron chi connectivity index (χ3n) is 5.09. The summed E-state index contributed by atoms with van der Waals surface area (Å²) in [5.41, 5.74) is 5.32. The van der Waals surface area contributed by atoms with Crippen LogP contribution in [0, 0.1) is 16.7 Å². The lowest BCUT2D eigenvalue weighted by Crippen LogP contribution is -2.31. The van der Waals surface area contributed by atoms with Crippen LogP contribution in [-0.4, -0.2) is 5.78 Å². The van der Waals surface area contributed by atoms with Crippen molar-refractivity contribution in [2.75, 3.05) is 10.6 Å². The van der Waals surface area contributed by atoms with Crippen LogP contribution in [0.3, 0.4) is 0 Å². The lowest BCUT2D eigenvalue weighted by molar-refractivity contribution is -0.118. The number of anilines is 2. The minimum absolute atomic E-state index is 0.0581. The Kier molecular flexibility index (Phi) is 3.81. The van der Waals surface area contributed by atoms with Crippen LogP contribution < -0.4 is 10.6 Å². The summed E-state index contributed by atoms with van der Waals surface area (Å²) in [6.07, 6.45) is 1.37. The number of hydrogen-bond acceptors (Lipinski definition) is 4. The Balaban J connectivity index is 1.87. The van der Waals surface area contributed by atoms with Gasteiger partial charge in [0, 0.05) is 17.7 Å². The number of benzene rings is 2. The SMILES string of the molecule is CC1(C)CC(=O)C2=C(C1)Nc1ccccc1NC2c1ccc(C#N)cc1. The molecule has 0 saturated carbocycles. The second-order valence-corrected chi connectivity index (χ2v) is 7.81. The van der Waals surface area contributed by atoms with Crippen LogP contribution in [0.4, 0.5) is 11.4 Å². The smallest absolute Gasteiger partial charge is 0.163 e. The standard InChI is InChI=1S/C22H21N3O/c1-22(2)11-18-20(19(26)12-22)21(15-9-7-14(13-23)8-10-15)25-17-6-4-3-5-16(17)24-18/h3-10,21,24-25H,11-12H2,1-2H3. The molecule has 0 amide bonds. The lowest BCUT2D eigenvalue weighted by atomic mass is 9.73. The van der Waals surface area contributed by atoms with Gasteiger partial charge in [-0.1, -0.05) is 38.1 Å². The van der Waals surface area contributed by atoms with Crippen LogP contribution in [0.1, 0.15) is 43.9 Å². The number of rotatable bonds is 1. The number of nitrogens with zero attached hydrogens (tertiary/aromatic N) is 1. The fourth-order valence-corrected chi connectivity index (χ4v) is 3.89. The van der Waals surface area contributed by atoms with Gasteiger partial charge in [0.15, 0.2) is 5.78 Å². The van der Waals surface area contributed by atoms with Gasteiger partial charge in [0.05, 0.1) is 29.0 Å². The van der Waals surface area contributed by atoms with Crippen molar-refractivity contribution >= 4 is 17.2 Å². The summed E-state index contributed by atoms with van der Waals surface area (Å²) < 4.78 is 0. The third kappa shape index (κ3) is 2.86. The minimum Gasteiger partial charge on any atom is -0.372 e. The largest absolute Gasteiger partial charge is 0.372 e. The molecule has 4 nitrogen and oxygen atoms in total. The molecule has 4 heteroatoms. The Morgan fingerprint density at radius 1 is 1.04 bits per heavy atom. The van der Waals surface area contributed by atoms with Gasteiger partial charge in [0.1, 0.15) is 0 Å². The normalized spacial score (nSPS) is 20.8. The molecule has 0 spiro atoms. The Hall–Kier alpha value is -3.06. The summed E-state index contributed by atoms with van der Waals surface area (Å²) in [4.78, 5) is 13.1. The fraction of sp³-hybridized carbons (Fsp3) is 0.273. The third-order valence-corrected chi connectivity index (χ3v) is 5.09. The first kappa shape index (κ1) is 16.4. The summed E-state index contributed by atoms with van der Waals surface area (Å²) in [5.74, 6) is 0.179. The zero-order chi connectivity index (χ0) is 18.3. The molecule has 1 atom stereocenters. The first-order valence-corrected chi connectivity index (χ1v) is 8.86. The summed E-state index contributed by atoms with van der Waals surface area (Å²) in [7, 11) is 0. The molecule has 2 aromatic carbocycles. The molecule has 1 unspecified atom stereocenters.